The second-order valence-corrected chi connectivity index (χ2v) is 31.5. The zero-order valence-corrected chi connectivity index (χ0v) is 65.9. The lowest BCUT2D eigenvalue weighted by atomic mass is 9.91. The third-order valence-electron chi connectivity index (χ3n) is 23.3. The molecule has 13 aromatic carbocycles. The number of esters is 1. The van der Waals surface area contributed by atoms with Gasteiger partial charge >= 0.3 is 5.97 Å². The van der Waals surface area contributed by atoms with E-state index in [1.807, 2.05) is 30.3 Å². The summed E-state index contributed by atoms with van der Waals surface area (Å²) in [4.78, 5) is 33.0. The van der Waals surface area contributed by atoms with Gasteiger partial charge in [-0.15, -0.1) is 0 Å². The standard InChI is InChI=1S/C104H92N4O5/c1-61-51-64(4)94(65(5)52-61)102-87-42-40-85(105-87)101(86-41-43-88(106-86)103(95-66(6)53-62(2)54-67(95)7)90-45-47-92(108-90)104(91-46-44-89(102)107-91)96-68(8)55-63(3)56-69(96)9)79-32-36-80(37-33-79)110-50-16-23-93(109)113-60-70-57-81(111-48-12-10-17-71-24-26-77-30-28-73-19-14-21-75-34-38-83(71)99(77)97(73)75)59-82(58-70)112-49-13-11-18-72-25-27-78-31-29-74-20-15-22-76-35-39-84(72)100(78)98(74)76/h14-15,19-22,24-47,51-59,105,108H,10-13,16-18,23,48-50,60H2,1-9H3. The number of aryl methyl sites for hydroxylation is 11. The van der Waals surface area contributed by atoms with Crippen LogP contribution >= 0.6 is 0 Å². The van der Waals surface area contributed by atoms with Crippen LogP contribution in [0.25, 0.3) is 156 Å². The minimum atomic E-state index is -0.303. The Bertz CT molecular complexity index is 6370. The van der Waals surface area contributed by atoms with Crippen LogP contribution in [0, 0.1) is 62.3 Å². The van der Waals surface area contributed by atoms with E-state index in [0.29, 0.717) is 43.5 Å². The van der Waals surface area contributed by atoms with Crippen LogP contribution in [0.15, 0.2) is 212 Å². The highest BCUT2D eigenvalue weighted by Crippen LogP contribution is 2.45. The van der Waals surface area contributed by atoms with Crippen molar-refractivity contribution < 1.29 is 23.7 Å². The number of nitrogens with one attached hydrogen (secondary N) is 2. The molecule has 113 heavy (non-hydrogen) atoms. The summed E-state index contributed by atoms with van der Waals surface area (Å²) in [5.41, 5.74) is 30.0. The summed E-state index contributed by atoms with van der Waals surface area (Å²) < 4.78 is 25.5. The molecule has 18 rings (SSSR count). The molecule has 16 aromatic rings. The number of carbonyl (C=O) groups excluding carboxylic acids is 1. The van der Waals surface area contributed by atoms with Gasteiger partial charge in [-0.1, -0.05) is 174 Å². The zero-order chi connectivity index (χ0) is 77.1. The van der Waals surface area contributed by atoms with Crippen molar-refractivity contribution in [2.45, 2.75) is 120 Å². The first-order chi connectivity index (χ1) is 55.1. The van der Waals surface area contributed by atoms with E-state index in [2.05, 4.69) is 279 Å². The number of rotatable bonds is 23. The van der Waals surface area contributed by atoms with Crippen molar-refractivity contribution in [1.29, 1.82) is 0 Å². The molecule has 0 saturated carbocycles. The smallest absolute Gasteiger partial charge is 0.306 e. The van der Waals surface area contributed by atoms with Crippen molar-refractivity contribution in [2.24, 2.45) is 0 Å². The monoisotopic (exact) mass is 1480 g/mol. The number of nitrogens with zero attached hydrogens (tertiary/aromatic N) is 2. The first-order valence-corrected chi connectivity index (χ1v) is 40.1. The van der Waals surface area contributed by atoms with Gasteiger partial charge in [0.1, 0.15) is 23.9 Å². The van der Waals surface area contributed by atoms with E-state index in [1.54, 1.807) is 0 Å². The summed E-state index contributed by atoms with van der Waals surface area (Å²) in [5.74, 6) is 1.78. The summed E-state index contributed by atoms with van der Waals surface area (Å²) in [6, 6.07) is 77.0. The lowest BCUT2D eigenvalue weighted by Gasteiger charge is -2.15. The number of carbonyl (C=O) groups is 1. The van der Waals surface area contributed by atoms with E-state index in [9.17, 15) is 4.79 Å². The summed E-state index contributed by atoms with van der Waals surface area (Å²) in [6.07, 6.45) is 15.0. The first kappa shape index (κ1) is 72.0. The molecule has 0 amide bonds. The van der Waals surface area contributed by atoms with E-state index in [0.717, 1.165) is 128 Å². The van der Waals surface area contributed by atoms with Crippen LogP contribution in [0.1, 0.15) is 128 Å². The normalized spacial score (nSPS) is 12.2. The van der Waals surface area contributed by atoms with E-state index >= 15 is 0 Å². The van der Waals surface area contributed by atoms with Gasteiger partial charge in [-0.05, 0) is 317 Å². The molecule has 0 unspecified atom stereocenters. The lowest BCUT2D eigenvalue weighted by Crippen LogP contribution is -2.08. The molecule has 0 fully saturated rings. The Morgan fingerprint density at radius 3 is 1.10 bits per heavy atom. The summed E-state index contributed by atoms with van der Waals surface area (Å²) in [7, 11) is 0. The zero-order valence-electron chi connectivity index (χ0n) is 65.9. The largest absolute Gasteiger partial charge is 0.494 e. The molecule has 0 radical (unpaired) electrons. The van der Waals surface area contributed by atoms with Gasteiger partial charge in [0.25, 0.3) is 0 Å². The van der Waals surface area contributed by atoms with Gasteiger partial charge in [0, 0.05) is 56.8 Å². The SMILES string of the molecule is Cc1cc(C)c(-c2c3nc(c(-c4c(C)cc(C)cc4C)c4ccc([nH]4)c(-c4c(C)cc(C)cc4C)c4nc(c(-c5ccc(OCCCC(=O)OCc6cc(OCCCCc7ccc8ccc9cccc%10ccc7c8c9%10)cc(OCCCCc7ccc8ccc9cccc%10ccc7c8c9%10)c6)cc5)c5ccc2[nH]5)C=C4)C=C3)c(C)c1. The second-order valence-electron chi connectivity index (χ2n) is 31.5. The van der Waals surface area contributed by atoms with Crippen LogP contribution in [-0.4, -0.2) is 45.7 Å². The van der Waals surface area contributed by atoms with Crippen molar-refractivity contribution in [3.8, 4) is 61.8 Å². The van der Waals surface area contributed by atoms with Crippen LogP contribution < -0.4 is 14.2 Å². The molecule has 8 bridgehead atoms. The fraction of sp³-hybridized carbons (Fsp3) is 0.202. The Morgan fingerprint density at radius 2 is 0.681 bits per heavy atom. The molecule has 2 aliphatic heterocycles. The van der Waals surface area contributed by atoms with Crippen LogP contribution in [0.4, 0.5) is 0 Å². The van der Waals surface area contributed by atoms with Crippen LogP contribution in [0.2, 0.25) is 0 Å². The highest BCUT2D eigenvalue weighted by atomic mass is 16.5. The van der Waals surface area contributed by atoms with Crippen LogP contribution in [0.5, 0.6) is 17.2 Å². The highest BCUT2D eigenvalue weighted by molar-refractivity contribution is 6.25. The van der Waals surface area contributed by atoms with Gasteiger partial charge in [-0.25, -0.2) is 9.97 Å². The number of ether oxygens (including phenoxy) is 4. The van der Waals surface area contributed by atoms with Crippen LogP contribution in [-0.2, 0) is 29.0 Å². The van der Waals surface area contributed by atoms with Crippen LogP contribution in [0.3, 0.4) is 0 Å². The molecule has 0 spiro atoms. The Balaban J connectivity index is 0.591. The Hall–Kier alpha value is -12.6. The van der Waals surface area contributed by atoms with Gasteiger partial charge < -0.3 is 28.9 Å². The van der Waals surface area contributed by atoms with Gasteiger partial charge in [0.2, 0.25) is 0 Å². The fourth-order valence-electron chi connectivity index (χ4n) is 18.5. The van der Waals surface area contributed by atoms with E-state index in [-0.39, 0.29) is 19.0 Å². The minimum absolute atomic E-state index is 0.0832. The Kier molecular flexibility index (Phi) is 19.3. The topological polar surface area (TPSA) is 111 Å². The van der Waals surface area contributed by atoms with Crippen molar-refractivity contribution in [1.82, 2.24) is 19.9 Å². The quantitative estimate of drug-likeness (QED) is 0.0373. The number of aromatic amines is 2. The van der Waals surface area contributed by atoms with Crippen molar-refractivity contribution >= 4 is 117 Å². The average molecular weight is 1480 g/mol. The van der Waals surface area contributed by atoms with Crippen molar-refractivity contribution in [2.75, 3.05) is 19.8 Å². The number of unbranched alkanes of at least 4 members (excludes halogenated alkanes) is 2. The predicted octanol–water partition coefficient (Wildman–Crippen LogP) is 26.6. The third kappa shape index (κ3) is 14.0. The molecule has 3 aromatic heterocycles. The Labute approximate surface area is 660 Å². The van der Waals surface area contributed by atoms with Gasteiger partial charge in [0.15, 0.2) is 0 Å². The van der Waals surface area contributed by atoms with E-state index in [1.165, 1.54) is 131 Å². The first-order valence-electron chi connectivity index (χ1n) is 40.1. The maximum Gasteiger partial charge on any atom is 0.306 e. The third-order valence-corrected chi connectivity index (χ3v) is 23.3. The second kappa shape index (κ2) is 30.2. The van der Waals surface area contributed by atoms with Gasteiger partial charge in [-0.3, -0.25) is 4.79 Å². The minimum Gasteiger partial charge on any atom is -0.494 e. The number of hydrogen-bond donors (Lipinski definition) is 2. The molecule has 558 valence electrons. The molecule has 0 saturated heterocycles. The maximum absolute atomic E-state index is 13.7. The summed E-state index contributed by atoms with van der Waals surface area (Å²) in [5, 5.41) is 15.7. The fourth-order valence-corrected chi connectivity index (χ4v) is 18.5. The van der Waals surface area contributed by atoms with E-state index in [4.69, 9.17) is 28.9 Å². The van der Waals surface area contributed by atoms with Gasteiger partial charge in [-0.2, -0.15) is 0 Å². The summed E-state index contributed by atoms with van der Waals surface area (Å²) >= 11 is 0. The number of aromatic nitrogens is 4. The predicted molar refractivity (Wildman–Crippen MR) is 471 cm³/mol. The maximum atomic E-state index is 13.7. The number of H-pyrrole nitrogens is 2. The van der Waals surface area contributed by atoms with Crippen molar-refractivity contribution in [3.63, 3.8) is 0 Å². The van der Waals surface area contributed by atoms with Crippen molar-refractivity contribution in [3.05, 3.63) is 302 Å². The lowest BCUT2D eigenvalue weighted by molar-refractivity contribution is -0.145. The van der Waals surface area contributed by atoms with Gasteiger partial charge in [0.05, 0.1) is 42.6 Å². The highest BCUT2D eigenvalue weighted by Gasteiger charge is 2.25. The molecule has 9 nitrogen and oxygen atoms in total. The molecular weight excluding hydrogens is 1390 g/mol. The number of hydrogen-bond acceptors (Lipinski definition) is 7. The number of benzene rings is 13. The molecule has 5 heterocycles. The molecule has 2 N–H and O–H groups in total. The summed E-state index contributed by atoms with van der Waals surface area (Å²) in [6.45, 7) is 21.2. The molecular formula is C104H92N4O5. The molecule has 0 aliphatic carbocycles. The molecule has 0 atom stereocenters. The average Bonchev–Trinajstić information content (AvgIpc) is 1.55. The van der Waals surface area contributed by atoms with E-state index < -0.39 is 0 Å². The number of fused-ring (bicyclic) bond motifs is 8. The molecule has 2 aliphatic rings. The molecule has 9 heteroatoms. The Morgan fingerprint density at radius 1 is 0.327 bits per heavy atom.